The van der Waals surface area contributed by atoms with Crippen LogP contribution in [0.3, 0.4) is 0 Å². The molecular formula is C24H21N3. The topological polar surface area (TPSA) is 55.3 Å². The molecule has 0 heterocycles. The first-order valence-electron chi connectivity index (χ1n) is 8.87. The Morgan fingerprint density at radius 1 is 0.407 bits per heavy atom. The summed E-state index contributed by atoms with van der Waals surface area (Å²) in [5.74, 6) is 0. The van der Waals surface area contributed by atoms with E-state index in [9.17, 15) is 0 Å². The number of benzene rings is 4. The third-order valence-corrected chi connectivity index (χ3v) is 4.54. The lowest BCUT2D eigenvalue weighted by atomic mass is 10.0. The molecule has 3 nitrogen and oxygen atoms in total. The second kappa shape index (κ2) is 7.26. The maximum atomic E-state index is 5.87. The minimum absolute atomic E-state index is 0.746. The van der Waals surface area contributed by atoms with Gasteiger partial charge in [-0.3, -0.25) is 0 Å². The Kier molecular flexibility index (Phi) is 4.50. The summed E-state index contributed by atoms with van der Waals surface area (Å²) in [4.78, 5) is 2.19. The lowest BCUT2D eigenvalue weighted by Gasteiger charge is -2.26. The number of nitrogens with zero attached hydrogens (tertiary/aromatic N) is 1. The van der Waals surface area contributed by atoms with Crippen LogP contribution in [0.2, 0.25) is 0 Å². The van der Waals surface area contributed by atoms with Crippen molar-refractivity contribution in [2.24, 2.45) is 0 Å². The van der Waals surface area contributed by atoms with Gasteiger partial charge in [0.1, 0.15) is 0 Å². The van der Waals surface area contributed by atoms with E-state index >= 15 is 0 Å². The van der Waals surface area contributed by atoms with Crippen LogP contribution in [0.15, 0.2) is 103 Å². The maximum Gasteiger partial charge on any atom is 0.0463 e. The van der Waals surface area contributed by atoms with Gasteiger partial charge in [-0.2, -0.15) is 0 Å². The number of rotatable bonds is 4. The molecule has 0 aliphatic rings. The first-order chi connectivity index (χ1) is 13.2. The van der Waals surface area contributed by atoms with Crippen LogP contribution in [0.5, 0.6) is 0 Å². The van der Waals surface area contributed by atoms with Gasteiger partial charge in [-0.15, -0.1) is 0 Å². The van der Waals surface area contributed by atoms with Gasteiger partial charge < -0.3 is 16.4 Å². The molecule has 4 aromatic rings. The lowest BCUT2D eigenvalue weighted by Crippen LogP contribution is -2.10. The minimum atomic E-state index is 0.746. The molecule has 0 fully saturated rings. The molecule has 4 rings (SSSR count). The van der Waals surface area contributed by atoms with E-state index in [0.717, 1.165) is 28.4 Å². The van der Waals surface area contributed by atoms with E-state index in [2.05, 4.69) is 53.4 Å². The summed E-state index contributed by atoms with van der Waals surface area (Å²) in [5, 5.41) is 0. The fraction of sp³-hybridized carbons (Fsp3) is 0. The molecule has 27 heavy (non-hydrogen) atoms. The van der Waals surface area contributed by atoms with Gasteiger partial charge in [-0.05, 0) is 71.8 Å². The fourth-order valence-corrected chi connectivity index (χ4v) is 3.13. The minimum Gasteiger partial charge on any atom is -0.399 e. The summed E-state index contributed by atoms with van der Waals surface area (Å²) < 4.78 is 0. The Morgan fingerprint density at radius 3 is 1.22 bits per heavy atom. The highest BCUT2D eigenvalue weighted by molar-refractivity contribution is 5.79. The first-order valence-corrected chi connectivity index (χ1v) is 8.87. The Balaban J connectivity index is 1.76. The molecule has 0 amide bonds. The molecule has 0 saturated carbocycles. The summed E-state index contributed by atoms with van der Waals surface area (Å²) in [7, 11) is 0. The van der Waals surface area contributed by atoms with Gasteiger partial charge in [0, 0.05) is 28.4 Å². The van der Waals surface area contributed by atoms with Crippen LogP contribution < -0.4 is 16.4 Å². The van der Waals surface area contributed by atoms with Crippen molar-refractivity contribution in [3.8, 4) is 11.1 Å². The van der Waals surface area contributed by atoms with E-state index in [1.807, 2.05) is 54.6 Å². The predicted octanol–water partition coefficient (Wildman–Crippen LogP) is 5.99. The van der Waals surface area contributed by atoms with Crippen molar-refractivity contribution in [2.75, 3.05) is 16.4 Å². The van der Waals surface area contributed by atoms with Gasteiger partial charge in [-0.1, -0.05) is 42.5 Å². The molecule has 0 aliphatic heterocycles. The molecule has 0 bridgehead atoms. The van der Waals surface area contributed by atoms with E-state index < -0.39 is 0 Å². The smallest absolute Gasteiger partial charge is 0.0463 e. The van der Waals surface area contributed by atoms with E-state index in [-0.39, 0.29) is 0 Å². The second-order valence-corrected chi connectivity index (χ2v) is 6.43. The average Bonchev–Trinajstić information content (AvgIpc) is 2.72. The molecule has 0 radical (unpaired) electrons. The Hall–Kier alpha value is -3.72. The highest BCUT2D eigenvalue weighted by Gasteiger charge is 2.12. The molecule has 0 unspecified atom stereocenters. The van der Waals surface area contributed by atoms with E-state index in [1.54, 1.807) is 0 Å². The van der Waals surface area contributed by atoms with Gasteiger partial charge >= 0.3 is 0 Å². The lowest BCUT2D eigenvalue weighted by molar-refractivity contribution is 1.28. The van der Waals surface area contributed by atoms with Crippen LogP contribution >= 0.6 is 0 Å². The van der Waals surface area contributed by atoms with Gasteiger partial charge in [0.25, 0.3) is 0 Å². The second-order valence-electron chi connectivity index (χ2n) is 6.43. The van der Waals surface area contributed by atoms with Crippen molar-refractivity contribution in [3.05, 3.63) is 103 Å². The van der Waals surface area contributed by atoms with Crippen LogP contribution in [0.25, 0.3) is 11.1 Å². The van der Waals surface area contributed by atoms with Gasteiger partial charge in [-0.25, -0.2) is 0 Å². The number of nitrogens with two attached hydrogens (primary N) is 2. The normalized spacial score (nSPS) is 10.5. The highest BCUT2D eigenvalue weighted by Crippen LogP contribution is 2.36. The average molecular weight is 351 g/mol. The van der Waals surface area contributed by atoms with Gasteiger partial charge in [0.2, 0.25) is 0 Å². The van der Waals surface area contributed by atoms with Crippen molar-refractivity contribution >= 4 is 28.4 Å². The molecule has 132 valence electrons. The molecule has 0 atom stereocenters. The third-order valence-electron chi connectivity index (χ3n) is 4.54. The number of nitrogen functional groups attached to an aromatic ring is 2. The maximum absolute atomic E-state index is 5.87. The van der Waals surface area contributed by atoms with Crippen molar-refractivity contribution in [2.45, 2.75) is 0 Å². The molecular weight excluding hydrogens is 330 g/mol. The van der Waals surface area contributed by atoms with Gasteiger partial charge in [0.15, 0.2) is 0 Å². The highest BCUT2D eigenvalue weighted by atomic mass is 15.1. The van der Waals surface area contributed by atoms with Crippen LogP contribution in [0.4, 0.5) is 28.4 Å². The van der Waals surface area contributed by atoms with E-state index in [1.165, 1.54) is 11.1 Å². The standard InChI is InChI=1S/C24H21N3/c25-20-8-14-23(15-9-20)27(24-16-10-21(26)11-17-24)22-12-6-19(7-13-22)18-4-2-1-3-5-18/h1-17H,25-26H2. The molecule has 0 spiro atoms. The summed E-state index contributed by atoms with van der Waals surface area (Å²) in [5.41, 5.74) is 18.8. The molecule has 4 aromatic carbocycles. The zero-order chi connectivity index (χ0) is 18.6. The Morgan fingerprint density at radius 2 is 0.778 bits per heavy atom. The van der Waals surface area contributed by atoms with Crippen LogP contribution in [0, 0.1) is 0 Å². The zero-order valence-corrected chi connectivity index (χ0v) is 14.9. The number of hydrogen-bond acceptors (Lipinski definition) is 3. The molecule has 4 N–H and O–H groups in total. The van der Waals surface area contributed by atoms with Crippen molar-refractivity contribution in [3.63, 3.8) is 0 Å². The predicted molar refractivity (Wildman–Crippen MR) is 115 cm³/mol. The van der Waals surface area contributed by atoms with Crippen LogP contribution in [-0.4, -0.2) is 0 Å². The SMILES string of the molecule is Nc1ccc(N(c2ccc(N)cc2)c2ccc(-c3ccccc3)cc2)cc1. The first kappa shape index (κ1) is 16.7. The van der Waals surface area contributed by atoms with Crippen LogP contribution in [-0.2, 0) is 0 Å². The van der Waals surface area contributed by atoms with Crippen molar-refractivity contribution in [1.82, 2.24) is 0 Å². The van der Waals surface area contributed by atoms with E-state index in [4.69, 9.17) is 11.5 Å². The fourth-order valence-electron chi connectivity index (χ4n) is 3.13. The van der Waals surface area contributed by atoms with Crippen LogP contribution in [0.1, 0.15) is 0 Å². The summed E-state index contributed by atoms with van der Waals surface area (Å²) in [6, 6.07) is 34.7. The van der Waals surface area contributed by atoms with Crippen molar-refractivity contribution < 1.29 is 0 Å². The molecule has 3 heteroatoms. The Bertz CT molecular complexity index is 960. The molecule has 0 aliphatic carbocycles. The van der Waals surface area contributed by atoms with E-state index in [0.29, 0.717) is 0 Å². The molecule has 0 saturated heterocycles. The van der Waals surface area contributed by atoms with Crippen molar-refractivity contribution in [1.29, 1.82) is 0 Å². The zero-order valence-electron chi connectivity index (χ0n) is 14.9. The third kappa shape index (κ3) is 3.62. The quantitative estimate of drug-likeness (QED) is 0.444. The number of hydrogen-bond donors (Lipinski definition) is 2. The van der Waals surface area contributed by atoms with Gasteiger partial charge in [0.05, 0.1) is 0 Å². The summed E-state index contributed by atoms with van der Waals surface area (Å²) >= 11 is 0. The molecule has 0 aromatic heterocycles. The summed E-state index contributed by atoms with van der Waals surface area (Å²) in [6.07, 6.45) is 0. The largest absolute Gasteiger partial charge is 0.399 e. The number of anilines is 5. The summed E-state index contributed by atoms with van der Waals surface area (Å²) in [6.45, 7) is 0. The Labute approximate surface area is 159 Å². The monoisotopic (exact) mass is 351 g/mol.